The van der Waals surface area contributed by atoms with Crippen LogP contribution >= 0.6 is 22.9 Å². The second-order valence-electron chi connectivity index (χ2n) is 9.79. The van der Waals surface area contributed by atoms with Crippen molar-refractivity contribution < 1.29 is 14.3 Å². The summed E-state index contributed by atoms with van der Waals surface area (Å²) in [4.78, 5) is 32.1. The van der Waals surface area contributed by atoms with Crippen LogP contribution in [0.4, 0.5) is 0 Å². The molecule has 184 valence electrons. The number of halogens is 1. The van der Waals surface area contributed by atoms with E-state index in [2.05, 4.69) is 11.4 Å². The van der Waals surface area contributed by atoms with Crippen molar-refractivity contribution >= 4 is 34.8 Å². The fraction of sp³-hybridized carbons (Fsp3) is 0.357. The normalized spacial score (nSPS) is 15.5. The topological polar surface area (TPSA) is 49.9 Å². The number of benzene rings is 2. The molecule has 0 aliphatic carbocycles. The largest absolute Gasteiger partial charge is 0.491 e. The van der Waals surface area contributed by atoms with E-state index in [1.807, 2.05) is 69.0 Å². The van der Waals surface area contributed by atoms with Crippen molar-refractivity contribution in [2.24, 2.45) is 0 Å². The maximum Gasteiger partial charge on any atom is 0.255 e. The zero-order valence-corrected chi connectivity index (χ0v) is 22.2. The van der Waals surface area contributed by atoms with Crippen molar-refractivity contribution in [3.05, 3.63) is 86.6 Å². The lowest BCUT2D eigenvalue weighted by atomic mass is 9.99. The summed E-state index contributed by atoms with van der Waals surface area (Å²) >= 11 is 7.72. The predicted octanol–water partition coefficient (Wildman–Crippen LogP) is 6.16. The molecule has 0 bridgehead atoms. The molecule has 1 atom stereocenters. The van der Waals surface area contributed by atoms with Gasteiger partial charge in [-0.2, -0.15) is 0 Å². The van der Waals surface area contributed by atoms with E-state index in [1.165, 1.54) is 4.88 Å². The summed E-state index contributed by atoms with van der Waals surface area (Å²) in [6, 6.07) is 16.6. The molecule has 0 spiro atoms. The van der Waals surface area contributed by atoms with E-state index in [0.29, 0.717) is 29.5 Å². The minimum Gasteiger partial charge on any atom is -0.491 e. The molecule has 2 amide bonds. The average Bonchev–Trinajstić information content (AvgIpc) is 3.30. The highest BCUT2D eigenvalue weighted by atomic mass is 35.5. The van der Waals surface area contributed by atoms with Gasteiger partial charge in [0.2, 0.25) is 5.91 Å². The van der Waals surface area contributed by atoms with Gasteiger partial charge < -0.3 is 14.5 Å². The number of fused-ring (bicyclic) bond motifs is 1. The molecule has 5 nitrogen and oxygen atoms in total. The van der Waals surface area contributed by atoms with Gasteiger partial charge in [-0.25, -0.2) is 0 Å². The number of rotatable bonds is 6. The number of hydrogen-bond donors (Lipinski definition) is 0. The number of aryl methyl sites for hydroxylation is 1. The van der Waals surface area contributed by atoms with Crippen molar-refractivity contribution in [3.8, 4) is 5.75 Å². The first kappa shape index (κ1) is 25.3. The van der Waals surface area contributed by atoms with Gasteiger partial charge in [-0.15, -0.1) is 11.3 Å². The Bertz CT molecular complexity index is 1200. The first-order chi connectivity index (χ1) is 16.6. The molecular weight excluding hydrogens is 480 g/mol. The van der Waals surface area contributed by atoms with Crippen LogP contribution < -0.4 is 4.74 Å². The van der Waals surface area contributed by atoms with Crippen molar-refractivity contribution in [1.29, 1.82) is 0 Å². The lowest BCUT2D eigenvalue weighted by molar-refractivity contribution is -0.136. The second-order valence-corrected chi connectivity index (χ2v) is 11.2. The third-order valence-corrected chi connectivity index (χ3v) is 7.61. The number of carbonyl (C=O) groups is 2. The molecule has 2 aromatic carbocycles. The molecule has 4 rings (SSSR count). The molecule has 3 aromatic rings. The highest BCUT2D eigenvalue weighted by Gasteiger charge is 2.36. The van der Waals surface area contributed by atoms with E-state index in [4.69, 9.17) is 16.3 Å². The summed E-state index contributed by atoms with van der Waals surface area (Å²) in [5.41, 5.74) is 2.12. The second kappa shape index (κ2) is 10.4. The Kier molecular flexibility index (Phi) is 7.53. The van der Waals surface area contributed by atoms with E-state index in [1.54, 1.807) is 28.4 Å². The van der Waals surface area contributed by atoms with Gasteiger partial charge >= 0.3 is 0 Å². The molecule has 2 heterocycles. The molecule has 7 heteroatoms. The first-order valence-electron chi connectivity index (χ1n) is 11.8. The Morgan fingerprint density at radius 1 is 1.11 bits per heavy atom. The van der Waals surface area contributed by atoms with Crippen LogP contribution in [0, 0.1) is 6.92 Å². The van der Waals surface area contributed by atoms with Gasteiger partial charge in [0.1, 0.15) is 18.9 Å². The van der Waals surface area contributed by atoms with Gasteiger partial charge in [0.25, 0.3) is 5.91 Å². The molecule has 35 heavy (non-hydrogen) atoms. The molecule has 0 unspecified atom stereocenters. The molecule has 1 aliphatic rings. The van der Waals surface area contributed by atoms with E-state index < -0.39 is 5.54 Å². The van der Waals surface area contributed by atoms with Gasteiger partial charge in [0.15, 0.2) is 0 Å². The third-order valence-electron chi connectivity index (χ3n) is 6.36. The van der Waals surface area contributed by atoms with Gasteiger partial charge in [0, 0.05) is 27.5 Å². The first-order valence-corrected chi connectivity index (χ1v) is 13.0. The SMILES string of the molecule is Cc1ccccc1C(=O)N(CC(=O)N1CCc2sccc2[C@@H]1COc1ccc(Cl)cc1)C(C)(C)C. The molecular formula is C28H31ClN2O3S. The van der Waals surface area contributed by atoms with Gasteiger partial charge in [0.05, 0.1) is 6.04 Å². The van der Waals surface area contributed by atoms with Crippen LogP contribution in [-0.2, 0) is 11.2 Å². The standard InChI is InChI=1S/C28H31ClN2O3S/c1-19-7-5-6-8-22(19)27(33)31(28(2,3)4)17-26(32)30-15-13-25-23(14-16-35-25)24(30)18-34-21-11-9-20(29)10-12-21/h5-12,14,16,24H,13,15,17-18H2,1-4H3/t24-/m0/s1. The quantitative estimate of drug-likeness (QED) is 0.399. The maximum atomic E-state index is 13.7. The van der Waals surface area contributed by atoms with Crippen LogP contribution in [0.25, 0.3) is 0 Å². The Balaban J connectivity index is 1.57. The summed E-state index contributed by atoms with van der Waals surface area (Å²) in [6.45, 7) is 8.74. The van der Waals surface area contributed by atoms with Crippen LogP contribution in [0.2, 0.25) is 5.02 Å². The molecule has 1 aliphatic heterocycles. The van der Waals surface area contributed by atoms with Crippen LogP contribution in [0.3, 0.4) is 0 Å². The Hall–Kier alpha value is -2.83. The number of hydrogen-bond acceptors (Lipinski definition) is 4. The third kappa shape index (κ3) is 5.71. The van der Waals surface area contributed by atoms with Crippen LogP contribution in [0.5, 0.6) is 5.75 Å². The fourth-order valence-corrected chi connectivity index (χ4v) is 5.43. The summed E-state index contributed by atoms with van der Waals surface area (Å²) < 4.78 is 6.08. The highest BCUT2D eigenvalue weighted by Crippen LogP contribution is 2.34. The van der Waals surface area contributed by atoms with Crippen LogP contribution in [-0.4, -0.2) is 46.8 Å². The number of nitrogens with zero attached hydrogens (tertiary/aromatic N) is 2. The predicted molar refractivity (Wildman–Crippen MR) is 141 cm³/mol. The number of thiophene rings is 1. The Morgan fingerprint density at radius 2 is 1.83 bits per heavy atom. The molecule has 0 saturated carbocycles. The molecule has 0 saturated heterocycles. The summed E-state index contributed by atoms with van der Waals surface area (Å²) in [6.07, 6.45) is 0.803. The monoisotopic (exact) mass is 510 g/mol. The molecule has 0 radical (unpaired) electrons. The number of carbonyl (C=O) groups excluding carboxylic acids is 2. The fourth-order valence-electron chi connectivity index (χ4n) is 4.38. The average molecular weight is 511 g/mol. The summed E-state index contributed by atoms with van der Waals surface area (Å²) in [5.74, 6) is 0.491. The van der Waals surface area contributed by atoms with Crippen molar-refractivity contribution in [3.63, 3.8) is 0 Å². The zero-order chi connectivity index (χ0) is 25.2. The van der Waals surface area contributed by atoms with Crippen LogP contribution in [0.15, 0.2) is 60.0 Å². The van der Waals surface area contributed by atoms with Crippen LogP contribution in [0.1, 0.15) is 53.2 Å². The van der Waals surface area contributed by atoms with Crippen molar-refractivity contribution in [2.75, 3.05) is 19.7 Å². The van der Waals surface area contributed by atoms with Gasteiger partial charge in [-0.1, -0.05) is 29.8 Å². The molecule has 0 fully saturated rings. The van der Waals surface area contributed by atoms with E-state index >= 15 is 0 Å². The molecule has 0 N–H and O–H groups in total. The Labute approximate surface area is 216 Å². The lowest BCUT2D eigenvalue weighted by Gasteiger charge is -2.40. The van der Waals surface area contributed by atoms with E-state index in [9.17, 15) is 9.59 Å². The van der Waals surface area contributed by atoms with Gasteiger partial charge in [-0.3, -0.25) is 9.59 Å². The minimum atomic E-state index is -0.520. The van der Waals surface area contributed by atoms with E-state index in [0.717, 1.165) is 17.5 Å². The lowest BCUT2D eigenvalue weighted by Crippen LogP contribution is -2.53. The van der Waals surface area contributed by atoms with E-state index in [-0.39, 0.29) is 24.4 Å². The minimum absolute atomic E-state index is 0.00752. The highest BCUT2D eigenvalue weighted by molar-refractivity contribution is 7.10. The summed E-state index contributed by atoms with van der Waals surface area (Å²) in [5, 5.41) is 2.71. The number of amides is 2. The summed E-state index contributed by atoms with van der Waals surface area (Å²) in [7, 11) is 0. The maximum absolute atomic E-state index is 13.7. The van der Waals surface area contributed by atoms with Gasteiger partial charge in [-0.05, 0) is 87.0 Å². The molecule has 1 aromatic heterocycles. The van der Waals surface area contributed by atoms with Crippen molar-refractivity contribution in [2.45, 2.75) is 45.7 Å². The van der Waals surface area contributed by atoms with Crippen molar-refractivity contribution in [1.82, 2.24) is 9.80 Å². The Morgan fingerprint density at radius 3 is 2.51 bits per heavy atom. The zero-order valence-electron chi connectivity index (χ0n) is 20.6. The number of ether oxygens (including phenoxy) is 1. The smallest absolute Gasteiger partial charge is 0.255 e.